The van der Waals surface area contributed by atoms with E-state index in [2.05, 4.69) is 31.5 Å². The highest BCUT2D eigenvalue weighted by Crippen LogP contribution is 2.14. The molecule has 0 aromatic carbocycles. The van der Waals surface area contributed by atoms with Crippen LogP contribution in [0.2, 0.25) is 32.2 Å². The van der Waals surface area contributed by atoms with Crippen LogP contribution >= 0.6 is 0 Å². The third-order valence-corrected chi connectivity index (χ3v) is 8.00. The average molecular weight is 234 g/mol. The molecule has 14 heavy (non-hydrogen) atoms. The number of hydrogen-bond acceptors (Lipinski definition) is 3. The van der Waals surface area contributed by atoms with Crippen LogP contribution in [0.15, 0.2) is 0 Å². The van der Waals surface area contributed by atoms with Gasteiger partial charge in [0.1, 0.15) is 0 Å². The van der Waals surface area contributed by atoms with Crippen molar-refractivity contribution in [2.45, 2.75) is 38.7 Å². The lowest BCUT2D eigenvalue weighted by atomic mass is 10.5. The summed E-state index contributed by atoms with van der Waals surface area (Å²) in [5, 5.41) is 3.31. The molecule has 0 aliphatic carbocycles. The van der Waals surface area contributed by atoms with Gasteiger partial charge in [0.2, 0.25) is 0 Å². The Hall–Kier alpha value is 0.314. The molecule has 0 saturated carbocycles. The Morgan fingerprint density at radius 3 is 2.43 bits per heavy atom. The van der Waals surface area contributed by atoms with Crippen molar-refractivity contribution in [3.8, 4) is 0 Å². The Bertz CT molecular complexity index is 143. The summed E-state index contributed by atoms with van der Waals surface area (Å²) in [7, 11) is -2.18. The normalized spacial score (nSPS) is 12.4. The van der Waals surface area contributed by atoms with Gasteiger partial charge in [-0.25, -0.2) is 0 Å². The quantitative estimate of drug-likeness (QED) is 0.489. The van der Waals surface area contributed by atoms with Crippen LogP contribution in [0, 0.1) is 0 Å². The van der Waals surface area contributed by atoms with Gasteiger partial charge < -0.3 is 15.2 Å². The third kappa shape index (κ3) is 8.89. The lowest BCUT2D eigenvalue weighted by Crippen LogP contribution is -2.36. The van der Waals surface area contributed by atoms with E-state index in [0.29, 0.717) is 0 Å². The van der Waals surface area contributed by atoms with Gasteiger partial charge in [-0.15, -0.1) is 0 Å². The van der Waals surface area contributed by atoms with Gasteiger partial charge in [-0.1, -0.05) is 0 Å². The van der Waals surface area contributed by atoms with Gasteiger partial charge in [-0.3, -0.25) is 0 Å². The molecule has 0 unspecified atom stereocenters. The van der Waals surface area contributed by atoms with Crippen molar-refractivity contribution in [3.05, 3.63) is 0 Å². The van der Waals surface area contributed by atoms with E-state index in [4.69, 9.17) is 9.85 Å². The monoisotopic (exact) mass is 234 g/mol. The van der Waals surface area contributed by atoms with Crippen molar-refractivity contribution in [2.75, 3.05) is 19.6 Å². The number of nitrogens with two attached hydrogens (primary N) is 1. The summed E-state index contributed by atoms with van der Waals surface area (Å²) in [6.45, 7) is 11.9. The second-order valence-corrected chi connectivity index (χ2v) is 11.6. The Balaban J connectivity index is 3.45. The van der Waals surface area contributed by atoms with Gasteiger partial charge in [0, 0.05) is 13.1 Å². The van der Waals surface area contributed by atoms with Crippen molar-refractivity contribution < 1.29 is 4.12 Å². The molecule has 3 nitrogen and oxygen atoms in total. The van der Waals surface area contributed by atoms with Gasteiger partial charge in [0.25, 0.3) is 0 Å². The topological polar surface area (TPSA) is 47.3 Å². The number of rotatable bonds is 8. The Kier molecular flexibility index (Phi) is 7.76. The second kappa shape index (κ2) is 7.59. The van der Waals surface area contributed by atoms with E-state index in [9.17, 15) is 0 Å². The predicted molar refractivity (Wildman–Crippen MR) is 68.8 cm³/mol. The summed E-state index contributed by atoms with van der Waals surface area (Å²) in [6, 6.07) is 1.26. The standard InChI is InChI=1S/C9H26N2OSi2/c1-13(2)12-14(3,4)9-5-7-11-8-6-10/h11,13H,5-10H2,1-4H3. The summed E-state index contributed by atoms with van der Waals surface area (Å²) < 4.78 is 6.07. The first-order chi connectivity index (χ1) is 6.48. The molecular formula is C9H26N2OSi2. The minimum absolute atomic E-state index is 0.732. The van der Waals surface area contributed by atoms with Crippen molar-refractivity contribution in [3.63, 3.8) is 0 Å². The fourth-order valence-electron chi connectivity index (χ4n) is 1.56. The van der Waals surface area contributed by atoms with Crippen LogP contribution in [0.1, 0.15) is 6.42 Å². The van der Waals surface area contributed by atoms with Gasteiger partial charge >= 0.3 is 0 Å². The molecule has 0 saturated heterocycles. The Labute approximate surface area is 91.3 Å². The smallest absolute Gasteiger partial charge is 0.173 e. The Morgan fingerprint density at radius 2 is 1.93 bits per heavy atom. The lowest BCUT2D eigenvalue weighted by Gasteiger charge is -2.25. The minimum Gasteiger partial charge on any atom is -0.458 e. The van der Waals surface area contributed by atoms with E-state index in [0.717, 1.165) is 19.6 Å². The molecule has 0 atom stereocenters. The molecule has 0 bridgehead atoms. The van der Waals surface area contributed by atoms with Gasteiger partial charge in [0.15, 0.2) is 17.4 Å². The maximum Gasteiger partial charge on any atom is 0.173 e. The second-order valence-electron chi connectivity index (χ2n) is 4.57. The summed E-state index contributed by atoms with van der Waals surface area (Å²) in [5.41, 5.74) is 5.39. The molecule has 0 radical (unpaired) electrons. The van der Waals surface area contributed by atoms with Gasteiger partial charge in [-0.2, -0.15) is 0 Å². The van der Waals surface area contributed by atoms with Crippen molar-refractivity contribution in [1.29, 1.82) is 0 Å². The molecule has 86 valence electrons. The van der Waals surface area contributed by atoms with E-state index in [1.807, 2.05) is 0 Å². The first-order valence-electron chi connectivity index (χ1n) is 5.56. The van der Waals surface area contributed by atoms with Crippen molar-refractivity contribution in [1.82, 2.24) is 5.32 Å². The fraction of sp³-hybridized carbons (Fsp3) is 1.00. The SMILES string of the molecule is C[SiH](C)O[Si](C)(C)CCCNCCN. The molecule has 0 amide bonds. The molecule has 0 spiro atoms. The summed E-state index contributed by atoms with van der Waals surface area (Å²) in [6.07, 6.45) is 1.22. The molecule has 3 N–H and O–H groups in total. The Morgan fingerprint density at radius 1 is 1.29 bits per heavy atom. The molecule has 0 aliphatic rings. The highest BCUT2D eigenvalue weighted by molar-refractivity contribution is 6.77. The van der Waals surface area contributed by atoms with E-state index >= 15 is 0 Å². The van der Waals surface area contributed by atoms with Crippen LogP contribution in [-0.4, -0.2) is 37.0 Å². The average Bonchev–Trinajstić information content (AvgIpc) is 2.01. The van der Waals surface area contributed by atoms with E-state index in [-0.39, 0.29) is 0 Å². The maximum atomic E-state index is 6.07. The van der Waals surface area contributed by atoms with Crippen LogP contribution in [0.3, 0.4) is 0 Å². The zero-order valence-corrected chi connectivity index (χ0v) is 12.3. The van der Waals surface area contributed by atoms with Gasteiger partial charge in [0.05, 0.1) is 0 Å². The van der Waals surface area contributed by atoms with Crippen molar-refractivity contribution in [2.24, 2.45) is 5.73 Å². The van der Waals surface area contributed by atoms with Crippen LogP contribution in [0.5, 0.6) is 0 Å². The molecule has 0 rings (SSSR count). The van der Waals surface area contributed by atoms with E-state index < -0.39 is 17.4 Å². The molecule has 0 aromatic rings. The molecule has 5 heteroatoms. The highest BCUT2D eigenvalue weighted by Gasteiger charge is 2.22. The van der Waals surface area contributed by atoms with Crippen LogP contribution in [0.4, 0.5) is 0 Å². The summed E-state index contributed by atoms with van der Waals surface area (Å²) in [5.74, 6) is 0. The van der Waals surface area contributed by atoms with Crippen molar-refractivity contribution >= 4 is 17.4 Å². The van der Waals surface area contributed by atoms with Crippen LogP contribution in [-0.2, 0) is 4.12 Å². The molecule has 0 aromatic heterocycles. The zero-order chi connectivity index (χ0) is 11.0. The minimum atomic E-state index is -1.34. The summed E-state index contributed by atoms with van der Waals surface area (Å²) in [4.78, 5) is 0. The third-order valence-electron chi connectivity index (χ3n) is 2.01. The maximum absolute atomic E-state index is 6.07. The van der Waals surface area contributed by atoms with Gasteiger partial charge in [-0.05, 0) is 45.2 Å². The van der Waals surface area contributed by atoms with Crippen LogP contribution in [0.25, 0.3) is 0 Å². The molecule has 0 aliphatic heterocycles. The lowest BCUT2D eigenvalue weighted by molar-refractivity contribution is 0.560. The fourth-order valence-corrected chi connectivity index (χ4v) is 8.17. The molecular weight excluding hydrogens is 208 g/mol. The van der Waals surface area contributed by atoms with E-state index in [1.54, 1.807) is 0 Å². The number of nitrogens with one attached hydrogen (secondary N) is 1. The largest absolute Gasteiger partial charge is 0.458 e. The molecule has 0 fully saturated rings. The summed E-state index contributed by atoms with van der Waals surface area (Å²) >= 11 is 0. The number of hydrogen-bond donors (Lipinski definition) is 2. The first-order valence-corrected chi connectivity index (χ1v) is 11.5. The first kappa shape index (κ1) is 14.3. The van der Waals surface area contributed by atoms with Crippen LogP contribution < -0.4 is 11.1 Å². The highest BCUT2D eigenvalue weighted by atomic mass is 28.4. The van der Waals surface area contributed by atoms with E-state index in [1.165, 1.54) is 12.5 Å². The predicted octanol–water partition coefficient (Wildman–Crippen LogP) is 1.13. The zero-order valence-electron chi connectivity index (χ0n) is 10.1. The molecule has 0 heterocycles.